The van der Waals surface area contributed by atoms with Crippen LogP contribution >= 0.6 is 0 Å². The van der Waals surface area contributed by atoms with E-state index in [2.05, 4.69) is 26.3 Å². The van der Waals surface area contributed by atoms with E-state index in [1.165, 1.54) is 0 Å². The van der Waals surface area contributed by atoms with Crippen LogP contribution in [-0.4, -0.2) is 53.2 Å². The lowest BCUT2D eigenvalue weighted by atomic mass is 9.96. The van der Waals surface area contributed by atoms with Gasteiger partial charge in [-0.1, -0.05) is 18.2 Å². The Balaban J connectivity index is 1.21. The molecule has 0 aliphatic carbocycles. The van der Waals surface area contributed by atoms with Crippen molar-refractivity contribution in [3.8, 4) is 0 Å². The molecule has 3 aromatic rings. The standard InChI is InChI=1S/C24H29N5O2/c1-16-20(19-4-2-3-5-22(19)26-16)14-23(30)27-18-7-11-29(15-18)24-25-10-6-21(28-24)17-8-12-31-13-9-17/h2-6,10,17-18,26H,7-9,11-15H2,1H3,(H,27,30). The van der Waals surface area contributed by atoms with Gasteiger partial charge in [-0.3, -0.25) is 4.79 Å². The molecular weight excluding hydrogens is 390 g/mol. The van der Waals surface area contributed by atoms with Gasteiger partial charge in [0.05, 0.1) is 6.42 Å². The average molecular weight is 420 g/mol. The topological polar surface area (TPSA) is 83.1 Å². The fraction of sp³-hybridized carbons (Fsp3) is 0.458. The first-order valence-corrected chi connectivity index (χ1v) is 11.2. The maximum Gasteiger partial charge on any atom is 0.225 e. The summed E-state index contributed by atoms with van der Waals surface area (Å²) < 4.78 is 5.47. The van der Waals surface area contributed by atoms with Crippen molar-refractivity contribution in [1.82, 2.24) is 20.3 Å². The molecule has 2 aromatic heterocycles. The molecule has 0 spiro atoms. The lowest BCUT2D eigenvalue weighted by Gasteiger charge is -2.23. The van der Waals surface area contributed by atoms with Crippen molar-refractivity contribution in [2.75, 3.05) is 31.2 Å². The number of aromatic amines is 1. The Morgan fingerprint density at radius 3 is 2.94 bits per heavy atom. The van der Waals surface area contributed by atoms with Crippen molar-refractivity contribution in [1.29, 1.82) is 0 Å². The smallest absolute Gasteiger partial charge is 0.225 e. The largest absolute Gasteiger partial charge is 0.381 e. The summed E-state index contributed by atoms with van der Waals surface area (Å²) in [4.78, 5) is 27.7. The number of ether oxygens (including phenoxy) is 1. The minimum Gasteiger partial charge on any atom is -0.381 e. The zero-order valence-corrected chi connectivity index (χ0v) is 17.9. The van der Waals surface area contributed by atoms with E-state index in [0.717, 1.165) is 79.4 Å². The lowest BCUT2D eigenvalue weighted by molar-refractivity contribution is -0.121. The highest BCUT2D eigenvalue weighted by molar-refractivity contribution is 5.90. The SMILES string of the molecule is Cc1[nH]c2ccccc2c1CC(=O)NC1CCN(c2nccc(C3CCOCC3)n2)C1. The zero-order chi connectivity index (χ0) is 21.2. The van der Waals surface area contributed by atoms with E-state index >= 15 is 0 Å². The van der Waals surface area contributed by atoms with E-state index in [4.69, 9.17) is 9.72 Å². The van der Waals surface area contributed by atoms with E-state index < -0.39 is 0 Å². The molecule has 0 radical (unpaired) electrons. The van der Waals surface area contributed by atoms with Crippen LogP contribution in [-0.2, 0) is 16.0 Å². The molecule has 162 valence electrons. The molecule has 2 fully saturated rings. The van der Waals surface area contributed by atoms with Crippen LogP contribution in [0.3, 0.4) is 0 Å². The van der Waals surface area contributed by atoms with Gasteiger partial charge in [0, 0.05) is 66.8 Å². The average Bonchev–Trinajstić information content (AvgIpc) is 3.39. The predicted octanol–water partition coefficient (Wildman–Crippen LogP) is 3.10. The number of nitrogens with zero attached hydrogens (tertiary/aromatic N) is 3. The number of hydrogen-bond donors (Lipinski definition) is 2. The molecule has 4 heterocycles. The van der Waals surface area contributed by atoms with E-state index in [1.807, 2.05) is 37.4 Å². The summed E-state index contributed by atoms with van der Waals surface area (Å²) in [6, 6.07) is 10.3. The summed E-state index contributed by atoms with van der Waals surface area (Å²) in [7, 11) is 0. The van der Waals surface area contributed by atoms with E-state index in [-0.39, 0.29) is 11.9 Å². The quantitative estimate of drug-likeness (QED) is 0.664. The first kappa shape index (κ1) is 20.0. The fourth-order valence-electron chi connectivity index (χ4n) is 4.80. The third kappa shape index (κ3) is 4.28. The second kappa shape index (κ2) is 8.67. The summed E-state index contributed by atoms with van der Waals surface area (Å²) in [5.74, 6) is 1.29. The van der Waals surface area contributed by atoms with Gasteiger partial charge in [-0.2, -0.15) is 0 Å². The molecule has 7 heteroatoms. The number of nitrogens with one attached hydrogen (secondary N) is 2. The summed E-state index contributed by atoms with van der Waals surface area (Å²) in [6.07, 6.45) is 5.19. The van der Waals surface area contributed by atoms with Crippen LogP contribution in [0.1, 0.15) is 42.1 Å². The number of anilines is 1. The fourth-order valence-corrected chi connectivity index (χ4v) is 4.80. The molecule has 2 aliphatic rings. The van der Waals surface area contributed by atoms with Crippen LogP contribution in [0.5, 0.6) is 0 Å². The number of fused-ring (bicyclic) bond motifs is 1. The Hall–Kier alpha value is -2.93. The van der Waals surface area contributed by atoms with Gasteiger partial charge < -0.3 is 19.9 Å². The first-order chi connectivity index (χ1) is 15.2. The first-order valence-electron chi connectivity index (χ1n) is 11.2. The number of benzene rings is 1. The number of amides is 1. The van der Waals surface area contributed by atoms with Crippen LogP contribution in [0.25, 0.3) is 10.9 Å². The van der Waals surface area contributed by atoms with Gasteiger partial charge in [0.15, 0.2) is 0 Å². The third-order valence-electron chi connectivity index (χ3n) is 6.50. The van der Waals surface area contributed by atoms with Crippen LogP contribution in [0.4, 0.5) is 5.95 Å². The second-order valence-electron chi connectivity index (χ2n) is 8.62. The molecule has 0 bridgehead atoms. The molecule has 0 saturated carbocycles. The molecular formula is C24H29N5O2. The molecule has 31 heavy (non-hydrogen) atoms. The predicted molar refractivity (Wildman–Crippen MR) is 120 cm³/mol. The Morgan fingerprint density at radius 2 is 2.06 bits per heavy atom. The molecule has 1 unspecified atom stereocenters. The molecule has 2 saturated heterocycles. The molecule has 2 N–H and O–H groups in total. The molecule has 2 aliphatic heterocycles. The number of carbonyl (C=O) groups is 1. The van der Waals surface area contributed by atoms with Crippen molar-refractivity contribution in [3.05, 3.63) is 53.5 Å². The summed E-state index contributed by atoms with van der Waals surface area (Å²) in [5, 5.41) is 4.35. The zero-order valence-electron chi connectivity index (χ0n) is 17.9. The number of hydrogen-bond acceptors (Lipinski definition) is 5. The van der Waals surface area contributed by atoms with Crippen molar-refractivity contribution in [2.24, 2.45) is 0 Å². The number of aromatic nitrogens is 3. The normalized spacial score (nSPS) is 19.8. The number of carbonyl (C=O) groups excluding carboxylic acids is 1. The van der Waals surface area contributed by atoms with Gasteiger partial charge in [-0.05, 0) is 43.9 Å². The maximum atomic E-state index is 12.8. The molecule has 1 amide bonds. The van der Waals surface area contributed by atoms with E-state index in [1.54, 1.807) is 0 Å². The number of H-pyrrole nitrogens is 1. The second-order valence-corrected chi connectivity index (χ2v) is 8.62. The van der Waals surface area contributed by atoms with Gasteiger partial charge in [0.25, 0.3) is 0 Å². The molecule has 1 aromatic carbocycles. The van der Waals surface area contributed by atoms with Gasteiger partial charge in [-0.15, -0.1) is 0 Å². The minimum atomic E-state index is 0.0663. The monoisotopic (exact) mass is 419 g/mol. The van der Waals surface area contributed by atoms with Crippen molar-refractivity contribution in [2.45, 2.75) is 44.6 Å². The lowest BCUT2D eigenvalue weighted by Crippen LogP contribution is -2.38. The highest BCUT2D eigenvalue weighted by Gasteiger charge is 2.27. The molecule has 1 atom stereocenters. The summed E-state index contributed by atoms with van der Waals surface area (Å²) in [6.45, 7) is 5.24. The summed E-state index contributed by atoms with van der Waals surface area (Å²) in [5.41, 5.74) is 4.32. The van der Waals surface area contributed by atoms with Crippen LogP contribution in [0.15, 0.2) is 36.5 Å². The Labute approximate surface area is 182 Å². The molecule has 7 nitrogen and oxygen atoms in total. The number of para-hydroxylation sites is 1. The van der Waals surface area contributed by atoms with Crippen LogP contribution in [0, 0.1) is 6.92 Å². The van der Waals surface area contributed by atoms with Gasteiger partial charge >= 0.3 is 0 Å². The number of aryl methyl sites for hydroxylation is 1. The van der Waals surface area contributed by atoms with Crippen LogP contribution < -0.4 is 10.2 Å². The third-order valence-corrected chi connectivity index (χ3v) is 6.50. The summed E-state index contributed by atoms with van der Waals surface area (Å²) >= 11 is 0. The molecule has 5 rings (SSSR count). The Kier molecular flexibility index (Phi) is 5.59. The van der Waals surface area contributed by atoms with Crippen LogP contribution in [0.2, 0.25) is 0 Å². The van der Waals surface area contributed by atoms with Gasteiger partial charge in [0.2, 0.25) is 11.9 Å². The maximum absolute atomic E-state index is 12.8. The van der Waals surface area contributed by atoms with Crippen molar-refractivity contribution >= 4 is 22.8 Å². The Morgan fingerprint density at radius 1 is 1.23 bits per heavy atom. The highest BCUT2D eigenvalue weighted by atomic mass is 16.5. The van der Waals surface area contributed by atoms with E-state index in [9.17, 15) is 4.79 Å². The van der Waals surface area contributed by atoms with Gasteiger partial charge in [-0.25, -0.2) is 9.97 Å². The highest BCUT2D eigenvalue weighted by Crippen LogP contribution is 2.27. The van der Waals surface area contributed by atoms with Crippen molar-refractivity contribution < 1.29 is 9.53 Å². The van der Waals surface area contributed by atoms with Crippen molar-refractivity contribution in [3.63, 3.8) is 0 Å². The van der Waals surface area contributed by atoms with Gasteiger partial charge in [0.1, 0.15) is 0 Å². The number of rotatable bonds is 5. The Bertz CT molecular complexity index is 1070. The van der Waals surface area contributed by atoms with E-state index in [0.29, 0.717) is 12.3 Å². The minimum absolute atomic E-state index is 0.0663.